The Bertz CT molecular complexity index is 1390. The van der Waals surface area contributed by atoms with Gasteiger partial charge in [0.25, 0.3) is 5.56 Å². The Labute approximate surface area is 208 Å². The van der Waals surface area contributed by atoms with Gasteiger partial charge >= 0.3 is 0 Å². The van der Waals surface area contributed by atoms with Crippen molar-refractivity contribution in [3.05, 3.63) is 49.9 Å². The number of fused-ring (bicyclic) bond motifs is 4. The fourth-order valence-electron chi connectivity index (χ4n) is 6.20. The molecule has 0 saturated heterocycles. The van der Waals surface area contributed by atoms with Crippen LogP contribution in [-0.4, -0.2) is 40.5 Å². The third-order valence-electron chi connectivity index (χ3n) is 8.22. The second-order valence-electron chi connectivity index (χ2n) is 10.2. The Morgan fingerprint density at radius 2 is 1.91 bits per heavy atom. The molecule has 1 aliphatic carbocycles. The van der Waals surface area contributed by atoms with Crippen LogP contribution in [0.4, 0.5) is 0 Å². The average molecular weight is 494 g/mol. The second kappa shape index (κ2) is 8.36. The lowest BCUT2D eigenvalue weighted by molar-refractivity contribution is -0.135. The molecule has 184 valence electrons. The van der Waals surface area contributed by atoms with Crippen molar-refractivity contribution < 1.29 is 14.3 Å². The molecule has 1 aromatic carbocycles. The first kappa shape index (κ1) is 22.6. The lowest BCUT2D eigenvalue weighted by Crippen LogP contribution is -2.48. The first-order valence-electron chi connectivity index (χ1n) is 12.6. The highest BCUT2D eigenvalue weighted by molar-refractivity contribution is 7.18. The van der Waals surface area contributed by atoms with Crippen LogP contribution in [0, 0.1) is 13.8 Å². The summed E-state index contributed by atoms with van der Waals surface area (Å²) in [4.78, 5) is 37.7. The maximum absolute atomic E-state index is 13.6. The number of ether oxygens (including phenoxy) is 2. The Balaban J connectivity index is 1.28. The van der Waals surface area contributed by atoms with Gasteiger partial charge in [0, 0.05) is 29.7 Å². The Morgan fingerprint density at radius 1 is 1.20 bits per heavy atom. The molecule has 1 fully saturated rings. The highest BCUT2D eigenvalue weighted by atomic mass is 32.1. The molecule has 1 saturated carbocycles. The van der Waals surface area contributed by atoms with Gasteiger partial charge in [0.1, 0.15) is 23.9 Å². The van der Waals surface area contributed by atoms with Crippen LogP contribution in [0.2, 0.25) is 0 Å². The predicted molar refractivity (Wildman–Crippen MR) is 136 cm³/mol. The van der Waals surface area contributed by atoms with Crippen LogP contribution < -0.4 is 15.0 Å². The summed E-state index contributed by atoms with van der Waals surface area (Å²) in [6, 6.07) is 4.24. The summed E-state index contributed by atoms with van der Waals surface area (Å²) in [6.45, 7) is 7.92. The van der Waals surface area contributed by atoms with Crippen molar-refractivity contribution in [2.75, 3.05) is 19.8 Å². The van der Waals surface area contributed by atoms with E-state index < -0.39 is 0 Å². The molecule has 7 nitrogen and oxygen atoms in total. The summed E-state index contributed by atoms with van der Waals surface area (Å²) in [7, 11) is 0. The van der Waals surface area contributed by atoms with Crippen LogP contribution in [-0.2, 0) is 16.6 Å². The van der Waals surface area contributed by atoms with E-state index in [2.05, 4.69) is 29.0 Å². The Kier molecular flexibility index (Phi) is 5.40. The molecule has 6 rings (SSSR count). The van der Waals surface area contributed by atoms with Crippen LogP contribution in [0.3, 0.4) is 0 Å². The third-order valence-corrected chi connectivity index (χ3v) is 9.32. The zero-order chi connectivity index (χ0) is 24.3. The number of hydrogen-bond acceptors (Lipinski definition) is 6. The maximum atomic E-state index is 13.6. The number of aryl methyl sites for hydroxylation is 3. The van der Waals surface area contributed by atoms with Crippen molar-refractivity contribution in [2.45, 2.75) is 70.8 Å². The summed E-state index contributed by atoms with van der Waals surface area (Å²) in [6.07, 6.45) is 5.25. The smallest absolute Gasteiger partial charge is 0.259 e. The van der Waals surface area contributed by atoms with Gasteiger partial charge in [0.15, 0.2) is 11.5 Å². The van der Waals surface area contributed by atoms with Crippen molar-refractivity contribution >= 4 is 27.5 Å². The number of hydrogen-bond donors (Lipinski definition) is 1. The van der Waals surface area contributed by atoms with E-state index in [1.165, 1.54) is 35.3 Å². The summed E-state index contributed by atoms with van der Waals surface area (Å²) in [5.41, 5.74) is 3.35. The maximum Gasteiger partial charge on any atom is 0.259 e. The lowest BCUT2D eigenvalue weighted by Gasteiger charge is -2.46. The van der Waals surface area contributed by atoms with Crippen LogP contribution in [0.1, 0.15) is 72.5 Å². The third kappa shape index (κ3) is 3.64. The number of H-pyrrole nitrogens is 1. The average Bonchev–Trinajstić information content (AvgIpc) is 3.44. The second-order valence-corrected chi connectivity index (χ2v) is 11.4. The number of rotatable bonds is 3. The summed E-state index contributed by atoms with van der Waals surface area (Å²) in [5.74, 6) is 2.29. The molecule has 1 unspecified atom stereocenters. The highest BCUT2D eigenvalue weighted by Crippen LogP contribution is 2.52. The molecule has 1 amide bonds. The van der Waals surface area contributed by atoms with E-state index in [1.807, 2.05) is 18.7 Å². The molecule has 3 aromatic rings. The van der Waals surface area contributed by atoms with Crippen molar-refractivity contribution in [2.24, 2.45) is 0 Å². The van der Waals surface area contributed by atoms with Gasteiger partial charge in [-0.25, -0.2) is 4.98 Å². The van der Waals surface area contributed by atoms with Gasteiger partial charge in [-0.15, -0.1) is 11.3 Å². The van der Waals surface area contributed by atoms with Gasteiger partial charge in [-0.1, -0.05) is 12.8 Å². The molecular formula is C27H31N3O4S. The topological polar surface area (TPSA) is 84.5 Å². The van der Waals surface area contributed by atoms with Crippen molar-refractivity contribution in [1.82, 2.24) is 14.9 Å². The molecule has 3 aliphatic rings. The van der Waals surface area contributed by atoms with E-state index in [0.29, 0.717) is 37.3 Å². The van der Waals surface area contributed by atoms with Crippen LogP contribution in [0.15, 0.2) is 16.9 Å². The predicted octanol–water partition coefficient (Wildman–Crippen LogP) is 4.72. The zero-order valence-electron chi connectivity index (χ0n) is 20.5. The van der Waals surface area contributed by atoms with E-state index in [0.717, 1.165) is 46.2 Å². The number of thiophene rings is 1. The molecule has 2 aliphatic heterocycles. The van der Waals surface area contributed by atoms with Gasteiger partial charge in [-0.2, -0.15) is 0 Å². The summed E-state index contributed by atoms with van der Waals surface area (Å²) >= 11 is 1.54. The first-order valence-corrected chi connectivity index (χ1v) is 13.4. The minimum absolute atomic E-state index is 0.0230. The minimum atomic E-state index is -0.114. The number of aromatic amines is 1. The molecule has 0 radical (unpaired) electrons. The van der Waals surface area contributed by atoms with Gasteiger partial charge in [0.05, 0.1) is 11.4 Å². The highest BCUT2D eigenvalue weighted by Gasteiger charge is 2.46. The van der Waals surface area contributed by atoms with Crippen molar-refractivity contribution in [1.29, 1.82) is 0 Å². The zero-order valence-corrected chi connectivity index (χ0v) is 21.3. The largest absolute Gasteiger partial charge is 0.486 e. The number of nitrogens with zero attached hydrogens (tertiary/aromatic N) is 2. The Hall–Kier alpha value is -2.87. The van der Waals surface area contributed by atoms with Crippen molar-refractivity contribution in [3.8, 4) is 11.5 Å². The number of amides is 1. The summed E-state index contributed by atoms with van der Waals surface area (Å²) < 4.78 is 11.8. The van der Waals surface area contributed by atoms with Crippen molar-refractivity contribution in [3.63, 3.8) is 0 Å². The number of carbonyl (C=O) groups excluding carboxylic acids is 1. The fourth-order valence-corrected chi connectivity index (χ4v) is 7.24. The van der Waals surface area contributed by atoms with Gasteiger partial charge in [-0.3, -0.25) is 9.59 Å². The lowest BCUT2D eigenvalue weighted by atomic mass is 9.71. The monoisotopic (exact) mass is 493 g/mol. The molecule has 0 bridgehead atoms. The van der Waals surface area contributed by atoms with E-state index in [1.54, 1.807) is 0 Å². The van der Waals surface area contributed by atoms with E-state index in [9.17, 15) is 9.59 Å². The normalized spacial score (nSPS) is 20.4. The van der Waals surface area contributed by atoms with E-state index >= 15 is 0 Å². The molecule has 8 heteroatoms. The number of nitrogens with one attached hydrogen (secondary N) is 1. The van der Waals surface area contributed by atoms with E-state index in [4.69, 9.17) is 9.47 Å². The van der Waals surface area contributed by atoms with Crippen LogP contribution >= 0.6 is 11.3 Å². The molecule has 1 spiro atoms. The number of carbonyl (C=O) groups is 1. The molecule has 4 heterocycles. The van der Waals surface area contributed by atoms with Gasteiger partial charge in [0.2, 0.25) is 5.91 Å². The SMILES string of the molecule is Cc1sc2nc(CCC(=O)N3CC4(CCCC4)c4cc5c(cc4C3C)OCCO5)[nH]c(=O)c2c1C. The molecule has 1 N–H and O–H groups in total. The van der Waals surface area contributed by atoms with Gasteiger partial charge < -0.3 is 19.4 Å². The molecular weight excluding hydrogens is 462 g/mol. The quantitative estimate of drug-likeness (QED) is 0.571. The van der Waals surface area contributed by atoms with Crippen LogP contribution in [0.5, 0.6) is 11.5 Å². The fraction of sp³-hybridized carbons (Fsp3) is 0.519. The number of aromatic nitrogens is 2. The number of benzene rings is 1. The standard InChI is InChI=1S/C27H31N3O4S/c1-15-17(3)35-26-24(15)25(32)28-22(29-26)6-7-23(31)30-14-27(8-4-5-9-27)19-13-21-20(33-10-11-34-21)12-18(19)16(30)2/h12-13,16H,4-11,14H2,1-3H3,(H,28,29,32). The molecule has 2 aromatic heterocycles. The summed E-state index contributed by atoms with van der Waals surface area (Å²) in [5, 5.41) is 0.668. The Morgan fingerprint density at radius 3 is 2.66 bits per heavy atom. The minimum Gasteiger partial charge on any atom is -0.486 e. The van der Waals surface area contributed by atoms with Crippen LogP contribution in [0.25, 0.3) is 10.2 Å². The van der Waals surface area contributed by atoms with Gasteiger partial charge in [-0.05, 0) is 62.4 Å². The molecule has 1 atom stereocenters. The molecule has 35 heavy (non-hydrogen) atoms. The van der Waals surface area contributed by atoms with E-state index in [-0.39, 0.29) is 22.9 Å². The first-order chi connectivity index (χ1) is 16.9.